The van der Waals surface area contributed by atoms with Crippen LogP contribution in [0.1, 0.15) is 21.5 Å². The number of fused-ring (bicyclic) bond motifs is 1. The summed E-state index contributed by atoms with van der Waals surface area (Å²) >= 11 is 5.93. The summed E-state index contributed by atoms with van der Waals surface area (Å²) in [6.45, 7) is 3.75. The minimum absolute atomic E-state index is 0.0156. The molecule has 0 bridgehead atoms. The molecule has 1 aliphatic heterocycles. The van der Waals surface area contributed by atoms with Crippen molar-refractivity contribution in [1.82, 2.24) is 0 Å². The smallest absolute Gasteiger partial charge is 0.358 e. The fraction of sp³-hybridized carbons (Fsp3) is 0.167. The van der Waals surface area contributed by atoms with E-state index in [2.05, 4.69) is 4.99 Å². The highest BCUT2D eigenvalue weighted by molar-refractivity contribution is 6.34. The molecule has 0 N–H and O–H groups in total. The molecule has 0 radical (unpaired) electrons. The summed E-state index contributed by atoms with van der Waals surface area (Å²) < 4.78 is 5.26. The van der Waals surface area contributed by atoms with Crippen molar-refractivity contribution in [3.8, 4) is 0 Å². The van der Waals surface area contributed by atoms with E-state index in [1.165, 1.54) is 6.08 Å². The Morgan fingerprint density at radius 1 is 1.35 bits per heavy atom. The van der Waals surface area contributed by atoms with Crippen LogP contribution in [0.25, 0.3) is 0 Å². The molecule has 4 nitrogen and oxygen atoms in total. The van der Waals surface area contributed by atoms with E-state index in [-0.39, 0.29) is 11.5 Å². The number of hydrogen-bond acceptors (Lipinski definition) is 4. The molecule has 3 rings (SSSR count). The largest absolute Gasteiger partial charge is 0.447 e. The second-order valence-corrected chi connectivity index (χ2v) is 5.90. The van der Waals surface area contributed by atoms with Gasteiger partial charge in [-0.25, -0.2) is 9.79 Å². The van der Waals surface area contributed by atoms with Crippen LogP contribution < -0.4 is 0 Å². The zero-order valence-electron chi connectivity index (χ0n) is 12.7. The van der Waals surface area contributed by atoms with Crippen LogP contribution in [-0.2, 0) is 9.53 Å². The van der Waals surface area contributed by atoms with E-state index in [4.69, 9.17) is 16.3 Å². The number of ether oxygens (including phenoxy) is 1. The van der Waals surface area contributed by atoms with Crippen LogP contribution in [0.3, 0.4) is 0 Å². The number of halogens is 1. The van der Waals surface area contributed by atoms with Crippen molar-refractivity contribution in [2.24, 2.45) is 4.99 Å². The third kappa shape index (κ3) is 3.17. The monoisotopic (exact) mass is 327 g/mol. The molecule has 1 heterocycles. The van der Waals surface area contributed by atoms with Gasteiger partial charge in [-0.15, -0.1) is 0 Å². The number of ketones is 1. The third-order valence-corrected chi connectivity index (χ3v) is 3.86. The fourth-order valence-corrected chi connectivity index (χ4v) is 2.58. The van der Waals surface area contributed by atoms with Crippen molar-refractivity contribution < 1.29 is 14.3 Å². The number of nitrogens with zero attached hydrogens (tertiary/aromatic N) is 1. The molecule has 1 unspecified atom stereocenters. The number of carbonyl (C=O) groups is 2. The molecule has 0 spiro atoms. The predicted octanol–water partition coefficient (Wildman–Crippen LogP) is 3.43. The van der Waals surface area contributed by atoms with Crippen molar-refractivity contribution in [2.75, 3.05) is 0 Å². The van der Waals surface area contributed by atoms with Gasteiger partial charge in [-0.05, 0) is 43.7 Å². The Balaban J connectivity index is 1.97. The summed E-state index contributed by atoms with van der Waals surface area (Å²) in [5.74, 6) is -0.893. The van der Waals surface area contributed by atoms with Crippen molar-refractivity contribution in [3.05, 3.63) is 69.9 Å². The maximum atomic E-state index is 12.4. The molecular formula is C18H14ClNO3. The van der Waals surface area contributed by atoms with Crippen LogP contribution in [0.4, 0.5) is 0 Å². The molecule has 116 valence electrons. The van der Waals surface area contributed by atoms with Crippen LogP contribution in [0.5, 0.6) is 0 Å². The van der Waals surface area contributed by atoms with Crippen LogP contribution in [0.15, 0.2) is 58.2 Å². The highest BCUT2D eigenvalue weighted by Gasteiger charge is 2.28. The normalized spacial score (nSPS) is 21.4. The summed E-state index contributed by atoms with van der Waals surface area (Å²) in [5, 5.41) is 0.498. The van der Waals surface area contributed by atoms with Gasteiger partial charge in [-0.2, -0.15) is 0 Å². The minimum Gasteiger partial charge on any atom is -0.447 e. The minimum atomic E-state index is -0.617. The quantitative estimate of drug-likeness (QED) is 0.475. The fourth-order valence-electron chi connectivity index (χ4n) is 2.40. The average molecular weight is 328 g/mol. The number of esters is 1. The number of rotatable bonds is 2. The first-order chi connectivity index (χ1) is 10.9. The van der Waals surface area contributed by atoms with E-state index in [0.29, 0.717) is 16.3 Å². The van der Waals surface area contributed by atoms with Crippen molar-refractivity contribution >= 4 is 29.1 Å². The number of benzene rings is 1. The Bertz CT molecular complexity index is 831. The molecular weight excluding hydrogens is 314 g/mol. The Kier molecular flexibility index (Phi) is 4.01. The Labute approximate surface area is 138 Å². The van der Waals surface area contributed by atoms with Crippen molar-refractivity contribution in [1.29, 1.82) is 0 Å². The summed E-state index contributed by atoms with van der Waals surface area (Å²) in [5.41, 5.74) is 2.86. The van der Waals surface area contributed by atoms with E-state index in [1.54, 1.807) is 24.3 Å². The molecule has 0 saturated carbocycles. The standard InChI is InChI=1S/C18H14ClNO3/c1-10-3-4-11(2)13(7-10)16(21)9-15-18(22)23-17-6-5-12(19)8-14(17)20-15/h3-9,17H,1-2H3/b15-9+. The van der Waals surface area contributed by atoms with Crippen LogP contribution in [0.2, 0.25) is 0 Å². The Hall–Kier alpha value is -2.46. The van der Waals surface area contributed by atoms with Gasteiger partial charge in [-0.3, -0.25) is 4.79 Å². The summed E-state index contributed by atoms with van der Waals surface area (Å²) in [6.07, 6.45) is 5.59. The first-order valence-corrected chi connectivity index (χ1v) is 7.50. The van der Waals surface area contributed by atoms with Crippen LogP contribution in [0, 0.1) is 13.8 Å². The lowest BCUT2D eigenvalue weighted by molar-refractivity contribution is -0.140. The molecule has 1 atom stereocenters. The first kappa shape index (κ1) is 15.4. The Morgan fingerprint density at radius 3 is 2.91 bits per heavy atom. The van der Waals surface area contributed by atoms with Gasteiger partial charge in [0.25, 0.3) is 0 Å². The van der Waals surface area contributed by atoms with Gasteiger partial charge in [0.05, 0.1) is 5.71 Å². The predicted molar refractivity (Wildman–Crippen MR) is 88.7 cm³/mol. The van der Waals surface area contributed by atoms with Crippen molar-refractivity contribution in [2.45, 2.75) is 20.0 Å². The van der Waals surface area contributed by atoms with Gasteiger partial charge >= 0.3 is 5.97 Å². The molecule has 0 aromatic heterocycles. The van der Waals surface area contributed by atoms with Crippen molar-refractivity contribution in [3.63, 3.8) is 0 Å². The number of aryl methyl sites for hydroxylation is 2. The SMILES string of the molecule is Cc1ccc(C)c(C(=O)/C=C2/N=C3C=C(Cl)C=CC3OC2=O)c1. The van der Waals surface area contributed by atoms with Gasteiger partial charge in [0.1, 0.15) is 0 Å². The van der Waals surface area contributed by atoms with Gasteiger partial charge in [0.2, 0.25) is 0 Å². The summed E-state index contributed by atoms with van der Waals surface area (Å²) in [7, 11) is 0. The molecule has 1 aromatic rings. The second kappa shape index (κ2) is 5.97. The lowest BCUT2D eigenvalue weighted by atomic mass is 10.0. The average Bonchev–Trinajstić information content (AvgIpc) is 2.50. The maximum Gasteiger partial charge on any atom is 0.358 e. The molecule has 1 aromatic carbocycles. The number of carbonyl (C=O) groups excluding carboxylic acids is 2. The van der Waals surface area contributed by atoms with Crippen LogP contribution in [-0.4, -0.2) is 23.6 Å². The van der Waals surface area contributed by atoms with Gasteiger partial charge < -0.3 is 4.74 Å². The number of hydrogen-bond donors (Lipinski definition) is 0. The lowest BCUT2D eigenvalue weighted by Gasteiger charge is -2.22. The van der Waals surface area contributed by atoms with E-state index in [9.17, 15) is 9.59 Å². The number of allylic oxidation sites excluding steroid dienone is 3. The molecule has 0 saturated heterocycles. The van der Waals surface area contributed by atoms with Gasteiger partial charge in [0.15, 0.2) is 17.6 Å². The Morgan fingerprint density at radius 2 is 2.13 bits per heavy atom. The van der Waals surface area contributed by atoms with E-state index in [1.807, 2.05) is 26.0 Å². The van der Waals surface area contributed by atoms with E-state index >= 15 is 0 Å². The lowest BCUT2D eigenvalue weighted by Crippen LogP contribution is -2.31. The van der Waals surface area contributed by atoms with Gasteiger partial charge in [0, 0.05) is 16.7 Å². The zero-order valence-corrected chi connectivity index (χ0v) is 13.4. The molecule has 1 aliphatic carbocycles. The molecule has 0 fully saturated rings. The maximum absolute atomic E-state index is 12.4. The van der Waals surface area contributed by atoms with E-state index in [0.717, 1.165) is 11.1 Å². The highest BCUT2D eigenvalue weighted by atomic mass is 35.5. The second-order valence-electron chi connectivity index (χ2n) is 5.46. The summed E-state index contributed by atoms with van der Waals surface area (Å²) in [6, 6.07) is 5.59. The first-order valence-electron chi connectivity index (χ1n) is 7.12. The zero-order chi connectivity index (χ0) is 16.6. The highest BCUT2D eigenvalue weighted by Crippen LogP contribution is 2.22. The van der Waals surface area contributed by atoms with Gasteiger partial charge in [-0.1, -0.05) is 29.3 Å². The molecule has 23 heavy (non-hydrogen) atoms. The topological polar surface area (TPSA) is 55.7 Å². The number of aliphatic imine (C=N–C) groups is 1. The van der Waals surface area contributed by atoms with Crippen LogP contribution >= 0.6 is 11.6 Å². The van der Waals surface area contributed by atoms with E-state index < -0.39 is 12.1 Å². The molecule has 5 heteroatoms. The molecule has 2 aliphatic rings. The summed E-state index contributed by atoms with van der Waals surface area (Å²) in [4.78, 5) is 28.7. The third-order valence-electron chi connectivity index (χ3n) is 3.63. The molecule has 0 amide bonds.